The van der Waals surface area contributed by atoms with Crippen molar-refractivity contribution in [2.24, 2.45) is 0 Å². The average molecular weight is 223 g/mol. The third kappa shape index (κ3) is 2.61. The Morgan fingerprint density at radius 2 is 2.00 bits per heavy atom. The third-order valence-electron chi connectivity index (χ3n) is 2.29. The number of aliphatic hydroxyl groups is 4. The molecule has 0 aliphatic carbocycles. The van der Waals surface area contributed by atoms with Crippen molar-refractivity contribution in [2.45, 2.75) is 30.5 Å². The molecule has 8 heteroatoms. The molecule has 5 unspecified atom stereocenters. The SMILES string of the molecule is O=[N+]([O-])CC1OC(C(O)CO)C(O)C1O. The van der Waals surface area contributed by atoms with Crippen LogP contribution in [-0.2, 0) is 4.74 Å². The van der Waals surface area contributed by atoms with Gasteiger partial charge in [-0.25, -0.2) is 0 Å². The van der Waals surface area contributed by atoms with E-state index >= 15 is 0 Å². The summed E-state index contributed by atoms with van der Waals surface area (Å²) in [5, 5.41) is 46.7. The second-order valence-corrected chi connectivity index (χ2v) is 3.39. The summed E-state index contributed by atoms with van der Waals surface area (Å²) in [6.07, 6.45) is -6.60. The van der Waals surface area contributed by atoms with Gasteiger partial charge in [0.1, 0.15) is 24.4 Å². The van der Waals surface area contributed by atoms with E-state index < -0.39 is 48.6 Å². The topological polar surface area (TPSA) is 133 Å². The Hall–Kier alpha value is -0.800. The van der Waals surface area contributed by atoms with Gasteiger partial charge in [-0.1, -0.05) is 0 Å². The van der Waals surface area contributed by atoms with Gasteiger partial charge >= 0.3 is 0 Å². The van der Waals surface area contributed by atoms with E-state index in [2.05, 4.69) is 0 Å². The van der Waals surface area contributed by atoms with Gasteiger partial charge in [0.05, 0.1) is 6.61 Å². The lowest BCUT2D eigenvalue weighted by Crippen LogP contribution is -2.40. The first-order valence-electron chi connectivity index (χ1n) is 4.39. The van der Waals surface area contributed by atoms with Crippen LogP contribution >= 0.6 is 0 Å². The van der Waals surface area contributed by atoms with Crippen LogP contribution in [0.3, 0.4) is 0 Å². The lowest BCUT2D eigenvalue weighted by atomic mass is 10.0. The van der Waals surface area contributed by atoms with Crippen molar-refractivity contribution in [2.75, 3.05) is 13.2 Å². The van der Waals surface area contributed by atoms with E-state index in [0.29, 0.717) is 0 Å². The molecular weight excluding hydrogens is 210 g/mol. The molecule has 1 aliphatic heterocycles. The van der Waals surface area contributed by atoms with Crippen LogP contribution in [0.15, 0.2) is 0 Å². The van der Waals surface area contributed by atoms with E-state index in [0.717, 1.165) is 0 Å². The molecule has 5 atom stereocenters. The normalized spacial score (nSPS) is 37.9. The van der Waals surface area contributed by atoms with Gasteiger partial charge in [0.15, 0.2) is 6.10 Å². The Bertz CT molecular complexity index is 235. The van der Waals surface area contributed by atoms with Crippen LogP contribution in [0.4, 0.5) is 0 Å². The number of hydrogen-bond donors (Lipinski definition) is 4. The Morgan fingerprint density at radius 1 is 1.40 bits per heavy atom. The van der Waals surface area contributed by atoms with Gasteiger partial charge in [0, 0.05) is 4.92 Å². The molecule has 0 bridgehead atoms. The summed E-state index contributed by atoms with van der Waals surface area (Å²) in [5.74, 6) is 0. The van der Waals surface area contributed by atoms with Gasteiger partial charge in [0.25, 0.3) is 0 Å². The fraction of sp³-hybridized carbons (Fsp3) is 1.00. The predicted molar refractivity (Wildman–Crippen MR) is 45.6 cm³/mol. The minimum absolute atomic E-state index is 0.653. The number of nitrogens with zero attached hydrogens (tertiary/aromatic N) is 1. The summed E-state index contributed by atoms with van der Waals surface area (Å²) >= 11 is 0. The molecular formula is C7H13NO7. The first-order valence-corrected chi connectivity index (χ1v) is 4.39. The molecule has 0 saturated carbocycles. The zero-order valence-corrected chi connectivity index (χ0v) is 7.76. The Kier molecular flexibility index (Phi) is 3.94. The lowest BCUT2D eigenvalue weighted by molar-refractivity contribution is -0.492. The van der Waals surface area contributed by atoms with Gasteiger partial charge in [-0.15, -0.1) is 0 Å². The van der Waals surface area contributed by atoms with Crippen LogP contribution in [0.2, 0.25) is 0 Å². The predicted octanol–water partition coefficient (Wildman–Crippen LogP) is -2.89. The van der Waals surface area contributed by atoms with Gasteiger partial charge in [0.2, 0.25) is 6.54 Å². The van der Waals surface area contributed by atoms with Crippen LogP contribution in [0.25, 0.3) is 0 Å². The number of hydrogen-bond acceptors (Lipinski definition) is 7. The molecule has 0 radical (unpaired) electrons. The van der Waals surface area contributed by atoms with Crippen molar-refractivity contribution in [1.29, 1.82) is 0 Å². The Labute approximate surface area is 84.9 Å². The van der Waals surface area contributed by atoms with Crippen LogP contribution in [0, 0.1) is 10.1 Å². The van der Waals surface area contributed by atoms with Crippen molar-refractivity contribution in [3.05, 3.63) is 10.1 Å². The molecule has 1 fully saturated rings. The molecule has 0 aromatic heterocycles. The second-order valence-electron chi connectivity index (χ2n) is 3.39. The Balaban J connectivity index is 2.62. The maximum Gasteiger partial charge on any atom is 0.232 e. The van der Waals surface area contributed by atoms with Crippen molar-refractivity contribution in [1.82, 2.24) is 0 Å². The Morgan fingerprint density at radius 3 is 2.47 bits per heavy atom. The molecule has 0 amide bonds. The fourth-order valence-electron chi connectivity index (χ4n) is 1.50. The quantitative estimate of drug-likeness (QED) is 0.297. The second kappa shape index (κ2) is 4.81. The number of aliphatic hydroxyl groups excluding tert-OH is 4. The summed E-state index contributed by atoms with van der Waals surface area (Å²) in [7, 11) is 0. The van der Waals surface area contributed by atoms with Crippen molar-refractivity contribution in [3.8, 4) is 0 Å². The van der Waals surface area contributed by atoms with E-state index in [1.807, 2.05) is 0 Å². The van der Waals surface area contributed by atoms with Crippen LogP contribution in [0.5, 0.6) is 0 Å². The zero-order valence-electron chi connectivity index (χ0n) is 7.76. The summed E-state index contributed by atoms with van der Waals surface area (Å²) in [6, 6.07) is 0. The third-order valence-corrected chi connectivity index (χ3v) is 2.29. The average Bonchev–Trinajstić information content (AvgIpc) is 2.44. The highest BCUT2D eigenvalue weighted by Gasteiger charge is 2.47. The maximum atomic E-state index is 10.2. The van der Waals surface area contributed by atoms with E-state index in [9.17, 15) is 25.4 Å². The summed E-state index contributed by atoms with van der Waals surface area (Å²) in [4.78, 5) is 9.49. The molecule has 8 nitrogen and oxygen atoms in total. The zero-order chi connectivity index (χ0) is 11.6. The smallest absolute Gasteiger partial charge is 0.232 e. The van der Waals surface area contributed by atoms with E-state index in [-0.39, 0.29) is 0 Å². The molecule has 0 aromatic carbocycles. The highest BCUT2D eigenvalue weighted by molar-refractivity contribution is 4.93. The van der Waals surface area contributed by atoms with E-state index in [1.165, 1.54) is 0 Å². The highest BCUT2D eigenvalue weighted by Crippen LogP contribution is 2.23. The highest BCUT2D eigenvalue weighted by atomic mass is 16.6. The molecule has 4 N–H and O–H groups in total. The first kappa shape index (κ1) is 12.3. The van der Waals surface area contributed by atoms with Gasteiger partial charge in [-0.3, -0.25) is 10.1 Å². The largest absolute Gasteiger partial charge is 0.394 e. The molecule has 88 valence electrons. The van der Waals surface area contributed by atoms with Crippen LogP contribution < -0.4 is 0 Å². The fourth-order valence-corrected chi connectivity index (χ4v) is 1.50. The van der Waals surface area contributed by atoms with Crippen molar-refractivity contribution >= 4 is 0 Å². The number of nitro groups is 1. The van der Waals surface area contributed by atoms with Crippen molar-refractivity contribution in [3.63, 3.8) is 0 Å². The van der Waals surface area contributed by atoms with Crippen LogP contribution in [-0.4, -0.2) is 69.0 Å². The number of ether oxygens (including phenoxy) is 1. The van der Waals surface area contributed by atoms with Gasteiger partial charge < -0.3 is 25.2 Å². The molecule has 1 aliphatic rings. The summed E-state index contributed by atoms with van der Waals surface area (Å²) in [6.45, 7) is -1.31. The van der Waals surface area contributed by atoms with Gasteiger partial charge in [-0.2, -0.15) is 0 Å². The molecule has 1 rings (SSSR count). The monoisotopic (exact) mass is 223 g/mol. The molecule has 1 saturated heterocycles. The van der Waals surface area contributed by atoms with E-state index in [1.54, 1.807) is 0 Å². The molecule has 1 heterocycles. The van der Waals surface area contributed by atoms with Gasteiger partial charge in [-0.05, 0) is 0 Å². The molecule has 0 aromatic rings. The summed E-state index contributed by atoms with van der Waals surface area (Å²) in [5.41, 5.74) is 0. The molecule has 15 heavy (non-hydrogen) atoms. The van der Waals surface area contributed by atoms with Crippen LogP contribution in [0.1, 0.15) is 0 Å². The minimum atomic E-state index is -1.43. The summed E-state index contributed by atoms with van der Waals surface area (Å²) < 4.78 is 4.90. The first-order chi connectivity index (χ1) is 6.97. The molecule has 0 spiro atoms. The maximum absolute atomic E-state index is 10.2. The van der Waals surface area contributed by atoms with Crippen molar-refractivity contribution < 1.29 is 30.1 Å². The minimum Gasteiger partial charge on any atom is -0.394 e. The van der Waals surface area contributed by atoms with E-state index in [4.69, 9.17) is 9.84 Å². The lowest BCUT2D eigenvalue weighted by Gasteiger charge is -2.18. The number of rotatable bonds is 4. The standard InChI is InChI=1S/C7H13NO7/c9-2-3(10)7-6(12)5(11)4(15-7)1-8(13)14/h3-7,9-12H,1-2H2.